The second-order valence-corrected chi connectivity index (χ2v) is 6.68. The third-order valence-corrected chi connectivity index (χ3v) is 5.34. The molecule has 2 aliphatic heterocycles. The van der Waals surface area contributed by atoms with E-state index in [2.05, 4.69) is 38.9 Å². The van der Waals surface area contributed by atoms with Crippen molar-refractivity contribution in [3.8, 4) is 0 Å². The highest BCUT2D eigenvalue weighted by atomic mass is 32.2. The van der Waals surface area contributed by atoms with E-state index in [1.807, 2.05) is 6.33 Å². The van der Waals surface area contributed by atoms with Crippen LogP contribution in [0.25, 0.3) is 0 Å². The van der Waals surface area contributed by atoms with Crippen LogP contribution in [0.5, 0.6) is 0 Å². The van der Waals surface area contributed by atoms with Crippen molar-refractivity contribution in [3.63, 3.8) is 0 Å². The minimum absolute atomic E-state index is 0.571. The lowest BCUT2D eigenvalue weighted by Crippen LogP contribution is -2.48. The number of nitrogens with one attached hydrogen (secondary N) is 2. The van der Waals surface area contributed by atoms with Gasteiger partial charge in [0, 0.05) is 49.6 Å². The van der Waals surface area contributed by atoms with Crippen molar-refractivity contribution in [1.82, 2.24) is 20.2 Å². The Labute approximate surface area is 113 Å². The fourth-order valence-electron chi connectivity index (χ4n) is 2.86. The zero-order valence-corrected chi connectivity index (χ0v) is 11.8. The van der Waals surface area contributed by atoms with Gasteiger partial charge in [-0.25, -0.2) is 4.98 Å². The molecule has 0 saturated carbocycles. The molecule has 3 rings (SSSR count). The molecule has 3 heterocycles. The number of imidazole rings is 1. The van der Waals surface area contributed by atoms with Crippen molar-refractivity contribution in [2.75, 3.05) is 25.4 Å². The van der Waals surface area contributed by atoms with E-state index in [0.717, 1.165) is 18.2 Å². The van der Waals surface area contributed by atoms with Crippen LogP contribution < -0.4 is 5.32 Å². The van der Waals surface area contributed by atoms with E-state index in [1.165, 1.54) is 43.2 Å². The topological polar surface area (TPSA) is 44.0 Å². The lowest BCUT2D eigenvalue weighted by molar-refractivity contribution is 0.240. The molecule has 18 heavy (non-hydrogen) atoms. The van der Waals surface area contributed by atoms with E-state index in [0.29, 0.717) is 6.04 Å². The first kappa shape index (κ1) is 12.5. The molecule has 0 aliphatic carbocycles. The Morgan fingerprint density at radius 1 is 1.56 bits per heavy atom. The fraction of sp³-hybridized carbons (Fsp3) is 0.769. The van der Waals surface area contributed by atoms with E-state index < -0.39 is 0 Å². The maximum Gasteiger partial charge on any atom is 0.0925 e. The van der Waals surface area contributed by atoms with Gasteiger partial charge in [-0.15, -0.1) is 0 Å². The number of aromatic amines is 1. The van der Waals surface area contributed by atoms with E-state index in [-0.39, 0.29) is 0 Å². The number of aromatic nitrogens is 2. The van der Waals surface area contributed by atoms with Crippen LogP contribution in [0.3, 0.4) is 0 Å². The zero-order chi connectivity index (χ0) is 12.4. The van der Waals surface area contributed by atoms with E-state index >= 15 is 0 Å². The Morgan fingerprint density at radius 3 is 3.39 bits per heavy atom. The van der Waals surface area contributed by atoms with Gasteiger partial charge >= 0.3 is 0 Å². The molecule has 4 nitrogen and oxygen atoms in total. The lowest BCUT2D eigenvalue weighted by atomic mass is 10.0. The summed E-state index contributed by atoms with van der Waals surface area (Å²) in [7, 11) is 0. The van der Waals surface area contributed by atoms with Crippen molar-refractivity contribution in [2.45, 2.75) is 37.6 Å². The molecule has 5 heteroatoms. The molecular weight excluding hydrogens is 244 g/mol. The molecule has 2 aliphatic rings. The predicted octanol–water partition coefficient (Wildman–Crippen LogP) is 1.25. The lowest BCUT2D eigenvalue weighted by Gasteiger charge is -2.35. The molecule has 2 unspecified atom stereocenters. The molecule has 0 bridgehead atoms. The van der Waals surface area contributed by atoms with Gasteiger partial charge in [0.1, 0.15) is 0 Å². The zero-order valence-electron chi connectivity index (χ0n) is 11.0. The number of hydrogen-bond donors (Lipinski definition) is 2. The molecule has 1 aromatic heterocycles. The summed E-state index contributed by atoms with van der Waals surface area (Å²) >= 11 is 2.14. The quantitative estimate of drug-likeness (QED) is 0.864. The Hall–Kier alpha value is -0.520. The number of H-pyrrole nitrogens is 1. The number of hydrogen-bond acceptors (Lipinski definition) is 4. The average molecular weight is 266 g/mol. The molecular formula is C13H22N4S. The van der Waals surface area contributed by atoms with Gasteiger partial charge in [0.2, 0.25) is 0 Å². The van der Waals surface area contributed by atoms with Crippen LogP contribution in [0.15, 0.2) is 6.33 Å². The summed E-state index contributed by atoms with van der Waals surface area (Å²) in [5.74, 6) is 1.29. The van der Waals surface area contributed by atoms with Crippen molar-refractivity contribution >= 4 is 11.8 Å². The Kier molecular flexibility index (Phi) is 3.91. The number of fused-ring (bicyclic) bond motifs is 1. The molecule has 0 aromatic carbocycles. The van der Waals surface area contributed by atoms with Crippen LogP contribution in [0.4, 0.5) is 0 Å². The van der Waals surface area contributed by atoms with Crippen LogP contribution in [-0.4, -0.2) is 51.5 Å². The first-order valence-electron chi connectivity index (χ1n) is 6.93. The van der Waals surface area contributed by atoms with Gasteiger partial charge in [0.25, 0.3) is 0 Å². The van der Waals surface area contributed by atoms with Crippen LogP contribution in [0, 0.1) is 0 Å². The van der Waals surface area contributed by atoms with E-state index in [1.54, 1.807) is 0 Å². The smallest absolute Gasteiger partial charge is 0.0925 e. The first-order chi connectivity index (χ1) is 8.85. The first-order valence-corrected chi connectivity index (χ1v) is 7.98. The van der Waals surface area contributed by atoms with E-state index in [9.17, 15) is 0 Å². The Morgan fingerprint density at radius 2 is 2.50 bits per heavy atom. The molecule has 2 atom stereocenters. The Bertz CT molecular complexity index is 392. The highest BCUT2D eigenvalue weighted by Gasteiger charge is 2.25. The van der Waals surface area contributed by atoms with Gasteiger partial charge < -0.3 is 10.3 Å². The molecule has 0 amide bonds. The monoisotopic (exact) mass is 266 g/mol. The summed E-state index contributed by atoms with van der Waals surface area (Å²) in [6.45, 7) is 6.92. The maximum atomic E-state index is 4.41. The average Bonchev–Trinajstić information content (AvgIpc) is 2.86. The Balaban J connectivity index is 1.54. The minimum atomic E-state index is 0.571. The normalized spacial score (nSPS) is 29.2. The third kappa shape index (κ3) is 2.73. The number of thioether (sulfide) groups is 1. The number of nitrogens with zero attached hydrogens (tertiary/aromatic N) is 2. The third-order valence-electron chi connectivity index (χ3n) is 3.97. The molecule has 1 saturated heterocycles. The fourth-order valence-corrected chi connectivity index (χ4v) is 4.11. The van der Waals surface area contributed by atoms with Gasteiger partial charge in [-0.3, -0.25) is 4.90 Å². The van der Waals surface area contributed by atoms with E-state index in [4.69, 9.17) is 0 Å². The van der Waals surface area contributed by atoms with Gasteiger partial charge in [0.05, 0.1) is 17.7 Å². The molecule has 0 radical (unpaired) electrons. The molecule has 0 spiro atoms. The van der Waals surface area contributed by atoms with Crippen molar-refractivity contribution < 1.29 is 0 Å². The minimum Gasteiger partial charge on any atom is -0.347 e. The maximum absolute atomic E-state index is 4.41. The molecule has 100 valence electrons. The van der Waals surface area contributed by atoms with Crippen LogP contribution in [-0.2, 0) is 13.0 Å². The standard InChI is InChI=1S/C13H22N4S/c1-2-11-8-17(3-4-18-11)7-10-5-12-13(6-14-10)16-9-15-12/h9-11,14H,2-8H2,1H3,(H,15,16). The molecule has 2 N–H and O–H groups in total. The molecule has 1 fully saturated rings. The summed E-state index contributed by atoms with van der Waals surface area (Å²) in [6.07, 6.45) is 4.18. The van der Waals surface area contributed by atoms with Crippen LogP contribution in [0.1, 0.15) is 24.7 Å². The van der Waals surface area contributed by atoms with Gasteiger partial charge in [-0.05, 0) is 6.42 Å². The van der Waals surface area contributed by atoms with Crippen LogP contribution >= 0.6 is 11.8 Å². The highest BCUT2D eigenvalue weighted by Crippen LogP contribution is 2.22. The second-order valence-electron chi connectivity index (χ2n) is 5.27. The highest BCUT2D eigenvalue weighted by molar-refractivity contribution is 8.00. The largest absolute Gasteiger partial charge is 0.347 e. The predicted molar refractivity (Wildman–Crippen MR) is 75.9 cm³/mol. The van der Waals surface area contributed by atoms with Crippen LogP contribution in [0.2, 0.25) is 0 Å². The van der Waals surface area contributed by atoms with Crippen molar-refractivity contribution in [1.29, 1.82) is 0 Å². The van der Waals surface area contributed by atoms with Gasteiger partial charge in [-0.1, -0.05) is 6.92 Å². The summed E-state index contributed by atoms with van der Waals surface area (Å²) < 4.78 is 0. The summed E-state index contributed by atoms with van der Waals surface area (Å²) in [6, 6.07) is 0.571. The SMILES string of the molecule is CCC1CN(CC2Cc3nc[nH]c3CN2)CCS1. The second kappa shape index (κ2) is 5.63. The summed E-state index contributed by atoms with van der Waals surface area (Å²) in [5, 5.41) is 4.46. The van der Waals surface area contributed by atoms with Crippen molar-refractivity contribution in [2.24, 2.45) is 0 Å². The summed E-state index contributed by atoms with van der Waals surface area (Å²) in [4.78, 5) is 10.2. The van der Waals surface area contributed by atoms with Crippen molar-refractivity contribution in [3.05, 3.63) is 17.7 Å². The van der Waals surface area contributed by atoms with Gasteiger partial charge in [-0.2, -0.15) is 11.8 Å². The molecule has 1 aromatic rings. The summed E-state index contributed by atoms with van der Waals surface area (Å²) in [5.41, 5.74) is 2.53. The van der Waals surface area contributed by atoms with Gasteiger partial charge in [0.15, 0.2) is 0 Å². The number of rotatable bonds is 3.